The van der Waals surface area contributed by atoms with E-state index in [1.54, 1.807) is 106 Å². The van der Waals surface area contributed by atoms with Crippen LogP contribution in [0.25, 0.3) is 6.08 Å². The van der Waals surface area contributed by atoms with Gasteiger partial charge in [0.25, 0.3) is 33.7 Å². The lowest BCUT2D eigenvalue weighted by molar-refractivity contribution is -0.141. The summed E-state index contributed by atoms with van der Waals surface area (Å²) >= 11 is 0. The fourth-order valence-corrected chi connectivity index (χ4v) is 20.6. The number of nitrogens with one attached hydrogen (secondary N) is 4. The van der Waals surface area contributed by atoms with Gasteiger partial charge in [0.1, 0.15) is 25.6 Å². The van der Waals surface area contributed by atoms with Gasteiger partial charge in [0, 0.05) is 126 Å². The maximum Gasteiger partial charge on any atom is 0.305 e. The van der Waals surface area contributed by atoms with Crippen LogP contribution in [0.15, 0.2) is 193 Å². The molecule has 0 radical (unpaired) electrons. The molecule has 0 unspecified atom stereocenters. The predicted octanol–water partition coefficient (Wildman–Crippen LogP) is 16.8. The van der Waals surface area contributed by atoms with E-state index in [2.05, 4.69) is 42.9 Å². The molecule has 782 valence electrons. The summed E-state index contributed by atoms with van der Waals surface area (Å²) in [6.45, 7) is 8.07. The number of amides is 8. The monoisotopic (exact) mass is 2060 g/mol. The normalized spacial score (nSPS) is 16.7. The minimum Gasteiger partial charge on any atom is -0.504 e. The number of nitrogens with zero attached hydrogens (tertiary/aromatic N) is 5. The third-order valence-electron chi connectivity index (χ3n) is 28.2. The van der Waals surface area contributed by atoms with Crippen LogP contribution in [-0.2, 0) is 127 Å². The lowest BCUT2D eigenvalue weighted by Crippen LogP contribution is -2.39. The van der Waals surface area contributed by atoms with Gasteiger partial charge in [-0.05, 0) is 261 Å². The molecular formula is C116H123N9O24S. The molecular weight excluding hydrogens is 1940 g/mol. The zero-order chi connectivity index (χ0) is 106. The molecule has 10 aromatic carbocycles. The minimum atomic E-state index is -3.79. The van der Waals surface area contributed by atoms with Crippen LogP contribution in [0.2, 0.25) is 0 Å². The topological polar surface area (TPSA) is 416 Å². The number of hydrogen-bond donors (Lipinski definition) is 5. The SMILES string of the molecule is COC(=O)CCCCC(=O)N[C@@H](C)C(=O)C[C@@H](C)C(=O)Nc1cc(COc2cc3c(cc2C)C(=O)N2c4ccccc4C[C@H]2C=N3)cc(COc2cc3c(cc2OC)C(=O)N2c4ccccc4C[C@H]2CC3)c1.COC(=O)CCCCC(=O)N[C@@H](C)C(=O)C[C@@H](C)C(=O)Nc1cc(COc2cc3c(cc2OC)C(=O)N2c4ccccc4C[C@H]2C=C3)cc(COS(C)(=O)=O)c1.COc1cc2c(cc1O)CC[C@@H]1Cc3ccccc3N1C2=O. The van der Waals surface area contributed by atoms with Gasteiger partial charge in [-0.2, -0.15) is 8.42 Å². The van der Waals surface area contributed by atoms with Gasteiger partial charge < -0.3 is 79.0 Å². The van der Waals surface area contributed by atoms with Crippen LogP contribution in [0.4, 0.5) is 39.8 Å². The number of unbranched alkanes of at least 4 members (excludes halogenated alkanes) is 2. The number of hydrogen-bond acceptors (Lipinski definition) is 25. The number of ether oxygens (including phenoxy) is 8. The maximum absolute atomic E-state index is 14.1. The van der Waals surface area contributed by atoms with Crippen molar-refractivity contribution in [3.8, 4) is 40.2 Å². The van der Waals surface area contributed by atoms with E-state index in [1.165, 1.54) is 39.6 Å². The summed E-state index contributed by atoms with van der Waals surface area (Å²) in [6, 6.07) is 54.6. The highest BCUT2D eigenvalue weighted by atomic mass is 32.2. The standard InChI is InChI=1S/C57H59N5O10.C41H47N3O11S.C18H17NO3/c1-33-20-45-46(58-30-43-26-40-13-7-9-15-48(40)62(43)57(45)68)29-50(33)71-31-36-22-37(24-41(23-36)60-55(66)34(2)21-49(63)35(3)59-53(64)16-10-11-17-54(65)70-5)32-72-52-27-38-18-19-42-25-39-12-6-8-14-47(39)61(42)56(67)44(38)28-51(52)69-4;1-25(16-35(45)26(2)42-38(46)12-8-9-13-39(47)53-4)40(48)43-31-18-27(17-28(19-31)24-55-56(5,50)51)23-54-37-21-29-14-15-32-20-30-10-6-7-11-34(30)44(32)41(49)33(29)22-36(37)52-3;1-22-17-10-14-11(9-16(17)20)6-7-13-8-12-4-2-3-5-15(12)19(13)18(14)21/h6-9,12-15,20,22-24,27-30,34-35,42-43H,10-11,16-19,21,25-26,31-32H2,1-5H3,(H,59,64)(H,60,66);6-7,10-11,14-15,17-19,21-22,25-26,32H,8-9,12-13,16,20,23-24H2,1-5H3,(H,42,46)(H,43,48);2-5,9-10,13,20H,6-8H2,1H3/t34-,35+,42-,43+;25-,26+,32-;13-/m111/s1. The van der Waals surface area contributed by atoms with E-state index in [1.807, 2.05) is 143 Å². The fourth-order valence-electron chi connectivity index (χ4n) is 20.3. The second-order valence-electron chi connectivity index (χ2n) is 38.9. The number of benzene rings is 10. The molecule has 18 rings (SSSR count). The number of fused-ring (bicyclic) bond motifs is 16. The number of carbonyl (C=O) groups is 12. The van der Waals surface area contributed by atoms with E-state index >= 15 is 0 Å². The Morgan fingerprint density at radius 2 is 0.827 bits per heavy atom. The number of rotatable bonds is 37. The highest BCUT2D eigenvalue weighted by molar-refractivity contribution is 7.85. The van der Waals surface area contributed by atoms with Gasteiger partial charge in [-0.25, -0.2) is 0 Å². The van der Waals surface area contributed by atoms with Gasteiger partial charge >= 0.3 is 11.9 Å². The molecule has 5 N–H and O–H groups in total. The van der Waals surface area contributed by atoms with E-state index < -0.39 is 45.9 Å². The Balaban J connectivity index is 0.000000180. The summed E-state index contributed by atoms with van der Waals surface area (Å²) in [6.07, 6.45) is 15.2. The largest absolute Gasteiger partial charge is 0.504 e. The molecule has 150 heavy (non-hydrogen) atoms. The Bertz CT molecular complexity index is 7120. The molecule has 8 heterocycles. The molecule has 0 bridgehead atoms. The number of ketones is 2. The Labute approximate surface area is 870 Å². The molecule has 0 aliphatic carbocycles. The van der Waals surface area contributed by atoms with Crippen molar-refractivity contribution in [1.82, 2.24) is 10.6 Å². The van der Waals surface area contributed by atoms with E-state index in [9.17, 15) is 71.1 Å². The van der Waals surface area contributed by atoms with Crippen LogP contribution in [0, 0.1) is 18.8 Å². The van der Waals surface area contributed by atoms with Crippen molar-refractivity contribution in [3.05, 3.63) is 277 Å². The molecule has 0 spiro atoms. The first-order valence-corrected chi connectivity index (χ1v) is 52.2. The number of Topliss-reactive ketones (excluding diaryl/α,β-unsaturated/α-hetero) is 2. The summed E-state index contributed by atoms with van der Waals surface area (Å²) < 4.78 is 73.7. The molecule has 8 aliphatic rings. The van der Waals surface area contributed by atoms with Crippen LogP contribution < -0.4 is 69.3 Å². The number of carbonyl (C=O) groups excluding carboxylic acids is 12. The summed E-state index contributed by atoms with van der Waals surface area (Å²) in [5.41, 5.74) is 17.3. The number of methoxy groups -OCH3 is 5. The van der Waals surface area contributed by atoms with Crippen molar-refractivity contribution >= 4 is 133 Å². The molecule has 0 aromatic heterocycles. The minimum absolute atomic E-state index is 0.000694. The van der Waals surface area contributed by atoms with Gasteiger partial charge in [-0.15, -0.1) is 0 Å². The molecule has 8 atom stereocenters. The molecule has 34 heteroatoms. The highest BCUT2D eigenvalue weighted by Gasteiger charge is 2.43. The molecule has 33 nitrogen and oxygen atoms in total. The van der Waals surface area contributed by atoms with Crippen LogP contribution in [0.3, 0.4) is 0 Å². The van der Waals surface area contributed by atoms with Crippen LogP contribution in [0.5, 0.6) is 40.2 Å². The number of anilines is 6. The number of para-hydroxylation sites is 4. The van der Waals surface area contributed by atoms with Gasteiger partial charge in [-0.3, -0.25) is 71.6 Å². The maximum atomic E-state index is 14.1. The van der Waals surface area contributed by atoms with Crippen molar-refractivity contribution in [2.24, 2.45) is 16.8 Å². The van der Waals surface area contributed by atoms with Gasteiger partial charge in [-0.1, -0.05) is 98.8 Å². The first kappa shape index (κ1) is 107. The number of phenolic OH excluding ortho intramolecular Hbond substituents is 1. The number of esters is 2. The van der Waals surface area contributed by atoms with Crippen molar-refractivity contribution in [2.45, 2.75) is 213 Å². The average molecular weight is 2060 g/mol. The number of aliphatic imine (C=N–C) groups is 1. The molecule has 0 saturated heterocycles. The Morgan fingerprint density at radius 1 is 0.427 bits per heavy atom. The van der Waals surface area contributed by atoms with Crippen LogP contribution in [-0.4, -0.2) is 169 Å². The second-order valence-corrected chi connectivity index (χ2v) is 40.6. The number of phenols is 1. The van der Waals surface area contributed by atoms with E-state index in [0.717, 1.165) is 88.9 Å². The first-order chi connectivity index (χ1) is 72.1. The van der Waals surface area contributed by atoms with E-state index in [4.69, 9.17) is 37.6 Å². The van der Waals surface area contributed by atoms with Crippen molar-refractivity contribution in [1.29, 1.82) is 0 Å². The third-order valence-corrected chi connectivity index (χ3v) is 28.7. The Morgan fingerprint density at radius 3 is 1.30 bits per heavy atom. The predicted molar refractivity (Wildman–Crippen MR) is 565 cm³/mol. The second kappa shape index (κ2) is 47.6. The van der Waals surface area contributed by atoms with E-state index in [0.29, 0.717) is 147 Å². The summed E-state index contributed by atoms with van der Waals surface area (Å²) in [5, 5.41) is 21.1. The zero-order valence-corrected chi connectivity index (χ0v) is 86.5. The average Bonchev–Trinajstić information content (AvgIpc) is 1.62. The van der Waals surface area contributed by atoms with Crippen molar-refractivity contribution in [3.63, 3.8) is 0 Å². The fraction of sp³-hybridized carbons (Fsp3) is 0.353. The number of aromatic hydroxyl groups is 1. The smallest absolute Gasteiger partial charge is 0.305 e. The summed E-state index contributed by atoms with van der Waals surface area (Å²) in [5.74, 6) is -2.17. The van der Waals surface area contributed by atoms with Gasteiger partial charge in [0.2, 0.25) is 23.6 Å². The molecule has 0 fully saturated rings. The number of aryl methyl sites for hydroxylation is 3. The van der Waals surface area contributed by atoms with Crippen molar-refractivity contribution in [2.75, 3.05) is 72.0 Å². The summed E-state index contributed by atoms with van der Waals surface area (Å²) in [7, 11) is 3.34. The first-order valence-electron chi connectivity index (χ1n) is 50.4. The van der Waals surface area contributed by atoms with Crippen LogP contribution in [0.1, 0.15) is 213 Å². The quantitative estimate of drug-likeness (QED) is 0.0137. The lowest BCUT2D eigenvalue weighted by Gasteiger charge is -2.23. The van der Waals surface area contributed by atoms with E-state index in [-0.39, 0.29) is 154 Å². The highest BCUT2D eigenvalue weighted by Crippen LogP contribution is 2.47. The summed E-state index contributed by atoms with van der Waals surface area (Å²) in [4.78, 5) is 168. The van der Waals surface area contributed by atoms with Gasteiger partial charge in [0.05, 0.1) is 89.4 Å². The lowest BCUT2D eigenvalue weighted by atomic mass is 9.99. The molecule has 10 aromatic rings. The Kier molecular flexibility index (Phi) is 33.9. The molecule has 8 amide bonds. The Hall–Kier alpha value is -15.8. The van der Waals surface area contributed by atoms with Crippen LogP contribution >= 0.6 is 0 Å². The van der Waals surface area contributed by atoms with Crippen molar-refractivity contribution < 1.29 is 113 Å². The van der Waals surface area contributed by atoms with Gasteiger partial charge in [0.15, 0.2) is 46.1 Å². The third kappa shape index (κ3) is 25.1. The molecule has 0 saturated carbocycles. The molecule has 8 aliphatic heterocycles. The zero-order valence-electron chi connectivity index (χ0n) is 85.7.